The van der Waals surface area contributed by atoms with Crippen molar-refractivity contribution in [3.05, 3.63) is 41.7 Å². The highest BCUT2D eigenvalue weighted by atomic mass is 16.5. The molecule has 1 aliphatic rings. The molecule has 1 N–H and O–H groups in total. The van der Waals surface area contributed by atoms with Crippen LogP contribution >= 0.6 is 0 Å². The molecule has 3 rings (SSSR count). The van der Waals surface area contributed by atoms with Crippen molar-refractivity contribution in [1.82, 2.24) is 15.3 Å². The van der Waals surface area contributed by atoms with Gasteiger partial charge in [0.1, 0.15) is 24.0 Å². The van der Waals surface area contributed by atoms with Crippen molar-refractivity contribution in [2.75, 3.05) is 37.7 Å². The van der Waals surface area contributed by atoms with Gasteiger partial charge in [-0.15, -0.1) is 0 Å². The standard InChI is InChI=1S/C21H28N4O3/c1-3-27-18-8-6-17(7-9-18)14-20(26)22-10-13-28-21-15-19(23-16(2)24-21)25-11-4-5-12-25/h6-9,15H,3-5,10-14H2,1-2H3,(H,22,26). The van der Waals surface area contributed by atoms with Gasteiger partial charge in [-0.3, -0.25) is 4.79 Å². The Labute approximate surface area is 166 Å². The smallest absolute Gasteiger partial charge is 0.224 e. The Bertz CT molecular complexity index is 774. The van der Waals surface area contributed by atoms with Crippen molar-refractivity contribution in [2.24, 2.45) is 0 Å². The number of hydrogen-bond donors (Lipinski definition) is 1. The minimum Gasteiger partial charge on any atom is -0.494 e. The Hall–Kier alpha value is -2.83. The van der Waals surface area contributed by atoms with Gasteiger partial charge in [0.15, 0.2) is 0 Å². The van der Waals surface area contributed by atoms with Gasteiger partial charge in [0.2, 0.25) is 11.8 Å². The van der Waals surface area contributed by atoms with Crippen molar-refractivity contribution in [1.29, 1.82) is 0 Å². The van der Waals surface area contributed by atoms with Crippen LogP contribution in [0, 0.1) is 6.92 Å². The van der Waals surface area contributed by atoms with Crippen LogP contribution in [0.5, 0.6) is 11.6 Å². The maximum atomic E-state index is 12.1. The van der Waals surface area contributed by atoms with E-state index in [0.29, 0.717) is 37.9 Å². The first-order chi connectivity index (χ1) is 13.6. The Morgan fingerprint density at radius 3 is 2.61 bits per heavy atom. The van der Waals surface area contributed by atoms with E-state index in [9.17, 15) is 4.79 Å². The van der Waals surface area contributed by atoms with Crippen molar-refractivity contribution in [3.8, 4) is 11.6 Å². The number of anilines is 1. The van der Waals surface area contributed by atoms with Gasteiger partial charge < -0.3 is 19.7 Å². The first kappa shape index (κ1) is 19.9. The molecule has 2 aromatic rings. The highest BCUT2D eigenvalue weighted by Crippen LogP contribution is 2.21. The molecule has 1 saturated heterocycles. The van der Waals surface area contributed by atoms with Gasteiger partial charge in [-0.1, -0.05) is 12.1 Å². The summed E-state index contributed by atoms with van der Waals surface area (Å²) in [7, 11) is 0. The Balaban J connectivity index is 1.42. The van der Waals surface area contributed by atoms with E-state index in [4.69, 9.17) is 9.47 Å². The number of carbonyl (C=O) groups excluding carboxylic acids is 1. The van der Waals surface area contributed by atoms with Crippen molar-refractivity contribution in [3.63, 3.8) is 0 Å². The fourth-order valence-corrected chi connectivity index (χ4v) is 3.17. The summed E-state index contributed by atoms with van der Waals surface area (Å²) in [6, 6.07) is 9.45. The zero-order chi connectivity index (χ0) is 19.8. The lowest BCUT2D eigenvalue weighted by Gasteiger charge is -2.17. The van der Waals surface area contributed by atoms with Crippen LogP contribution < -0.4 is 19.7 Å². The van der Waals surface area contributed by atoms with Crippen LogP contribution in [0.25, 0.3) is 0 Å². The molecular formula is C21H28N4O3. The fourth-order valence-electron chi connectivity index (χ4n) is 3.17. The van der Waals surface area contributed by atoms with Gasteiger partial charge in [-0.25, -0.2) is 4.98 Å². The summed E-state index contributed by atoms with van der Waals surface area (Å²) < 4.78 is 11.1. The number of benzene rings is 1. The van der Waals surface area contributed by atoms with Crippen molar-refractivity contribution in [2.45, 2.75) is 33.1 Å². The van der Waals surface area contributed by atoms with E-state index in [0.717, 1.165) is 30.2 Å². The molecule has 2 heterocycles. The maximum Gasteiger partial charge on any atom is 0.224 e. The molecule has 7 nitrogen and oxygen atoms in total. The monoisotopic (exact) mass is 384 g/mol. The van der Waals surface area contributed by atoms with E-state index < -0.39 is 0 Å². The molecule has 0 saturated carbocycles. The highest BCUT2D eigenvalue weighted by Gasteiger charge is 2.15. The fraction of sp³-hybridized carbons (Fsp3) is 0.476. The number of carbonyl (C=O) groups is 1. The molecule has 0 aliphatic carbocycles. The van der Waals surface area contributed by atoms with Crippen LogP contribution in [-0.2, 0) is 11.2 Å². The highest BCUT2D eigenvalue weighted by molar-refractivity contribution is 5.78. The summed E-state index contributed by atoms with van der Waals surface area (Å²) >= 11 is 0. The summed E-state index contributed by atoms with van der Waals surface area (Å²) in [6.07, 6.45) is 2.72. The lowest BCUT2D eigenvalue weighted by Crippen LogP contribution is -2.29. The topological polar surface area (TPSA) is 76.6 Å². The predicted molar refractivity (Wildman–Crippen MR) is 108 cm³/mol. The number of rotatable bonds is 9. The van der Waals surface area contributed by atoms with Crippen LogP contribution in [0.2, 0.25) is 0 Å². The first-order valence-electron chi connectivity index (χ1n) is 9.86. The van der Waals surface area contributed by atoms with E-state index in [1.165, 1.54) is 12.8 Å². The van der Waals surface area contributed by atoms with Gasteiger partial charge >= 0.3 is 0 Å². The van der Waals surface area contributed by atoms with Gasteiger partial charge in [0.05, 0.1) is 19.6 Å². The summed E-state index contributed by atoms with van der Waals surface area (Å²) in [5.74, 6) is 2.94. The van der Waals surface area contributed by atoms with Crippen LogP contribution in [0.1, 0.15) is 31.2 Å². The molecule has 1 amide bonds. The van der Waals surface area contributed by atoms with Gasteiger partial charge in [-0.2, -0.15) is 4.98 Å². The molecule has 1 fully saturated rings. The third-order valence-corrected chi connectivity index (χ3v) is 4.50. The number of aromatic nitrogens is 2. The Morgan fingerprint density at radius 2 is 1.89 bits per heavy atom. The molecule has 1 aromatic carbocycles. The molecule has 0 spiro atoms. The van der Waals surface area contributed by atoms with Crippen LogP contribution in [-0.4, -0.2) is 48.7 Å². The number of nitrogens with one attached hydrogen (secondary N) is 1. The average molecular weight is 384 g/mol. The molecule has 28 heavy (non-hydrogen) atoms. The van der Waals surface area contributed by atoms with Gasteiger partial charge in [-0.05, 0) is 44.4 Å². The van der Waals surface area contributed by atoms with Crippen molar-refractivity contribution < 1.29 is 14.3 Å². The molecule has 1 aromatic heterocycles. The second-order valence-electron chi connectivity index (χ2n) is 6.76. The average Bonchev–Trinajstić information content (AvgIpc) is 3.22. The summed E-state index contributed by atoms with van der Waals surface area (Å²) in [6.45, 7) is 7.29. The maximum absolute atomic E-state index is 12.1. The predicted octanol–water partition coefficient (Wildman–Crippen LogP) is 2.52. The number of nitrogens with zero attached hydrogens (tertiary/aromatic N) is 3. The van der Waals surface area contributed by atoms with Crippen LogP contribution in [0.3, 0.4) is 0 Å². The van der Waals surface area contributed by atoms with E-state index in [2.05, 4.69) is 20.2 Å². The van der Waals surface area contributed by atoms with Crippen LogP contribution in [0.15, 0.2) is 30.3 Å². The lowest BCUT2D eigenvalue weighted by molar-refractivity contribution is -0.120. The quantitative estimate of drug-likeness (QED) is 0.670. The van der Waals surface area contributed by atoms with E-state index >= 15 is 0 Å². The lowest BCUT2D eigenvalue weighted by atomic mass is 10.1. The van der Waals surface area contributed by atoms with E-state index in [1.54, 1.807) is 0 Å². The zero-order valence-electron chi connectivity index (χ0n) is 16.6. The second-order valence-corrected chi connectivity index (χ2v) is 6.76. The molecule has 0 radical (unpaired) electrons. The minimum atomic E-state index is -0.0376. The number of aryl methyl sites for hydroxylation is 1. The molecule has 1 aliphatic heterocycles. The van der Waals surface area contributed by atoms with E-state index in [-0.39, 0.29) is 5.91 Å². The van der Waals surface area contributed by atoms with Crippen LogP contribution in [0.4, 0.5) is 5.82 Å². The van der Waals surface area contributed by atoms with E-state index in [1.807, 2.05) is 44.2 Å². The SMILES string of the molecule is CCOc1ccc(CC(=O)NCCOc2cc(N3CCCC3)nc(C)n2)cc1. The summed E-state index contributed by atoms with van der Waals surface area (Å²) in [5.41, 5.74) is 0.948. The molecule has 0 atom stereocenters. The van der Waals surface area contributed by atoms with Crippen molar-refractivity contribution >= 4 is 11.7 Å². The molecular weight excluding hydrogens is 356 g/mol. The summed E-state index contributed by atoms with van der Waals surface area (Å²) in [5, 5.41) is 2.88. The zero-order valence-corrected chi connectivity index (χ0v) is 16.6. The molecule has 0 bridgehead atoms. The minimum absolute atomic E-state index is 0.0376. The van der Waals surface area contributed by atoms with Gasteiger partial charge in [0, 0.05) is 19.2 Å². The molecule has 0 unspecified atom stereocenters. The Kier molecular flexibility index (Phi) is 7.06. The first-order valence-corrected chi connectivity index (χ1v) is 9.86. The summed E-state index contributed by atoms with van der Waals surface area (Å²) in [4.78, 5) is 23.2. The normalized spacial score (nSPS) is 13.4. The number of amides is 1. The third kappa shape index (κ3) is 5.84. The number of ether oxygens (including phenoxy) is 2. The second kappa shape index (κ2) is 9.92. The largest absolute Gasteiger partial charge is 0.494 e. The molecule has 7 heteroatoms. The third-order valence-electron chi connectivity index (χ3n) is 4.50. The Morgan fingerprint density at radius 1 is 1.14 bits per heavy atom. The van der Waals surface area contributed by atoms with Gasteiger partial charge in [0.25, 0.3) is 0 Å². The molecule has 150 valence electrons. The number of hydrogen-bond acceptors (Lipinski definition) is 6.